The molecular weight excluding hydrogens is 317 g/mol. The highest BCUT2D eigenvalue weighted by Gasteiger charge is 2.14. The highest BCUT2D eigenvalue weighted by molar-refractivity contribution is 6.30. The second-order valence-corrected chi connectivity index (χ2v) is 5.67. The van der Waals surface area contributed by atoms with Gasteiger partial charge in [0, 0.05) is 11.6 Å². The number of rotatable bonds is 7. The van der Waals surface area contributed by atoms with Crippen LogP contribution in [0.2, 0.25) is 5.02 Å². The van der Waals surface area contributed by atoms with Gasteiger partial charge in [-0.3, -0.25) is 4.79 Å². The van der Waals surface area contributed by atoms with Crippen LogP contribution >= 0.6 is 11.6 Å². The Kier molecular flexibility index (Phi) is 6.41. The molecule has 0 saturated carbocycles. The van der Waals surface area contributed by atoms with Gasteiger partial charge in [-0.25, -0.2) is 4.39 Å². The van der Waals surface area contributed by atoms with Gasteiger partial charge in [0.25, 0.3) is 5.91 Å². The van der Waals surface area contributed by atoms with Gasteiger partial charge in [-0.2, -0.15) is 0 Å². The summed E-state index contributed by atoms with van der Waals surface area (Å²) in [6.45, 7) is 2.23. The summed E-state index contributed by atoms with van der Waals surface area (Å²) < 4.78 is 18.3. The lowest BCUT2D eigenvalue weighted by atomic mass is 10.1. The van der Waals surface area contributed by atoms with Crippen molar-refractivity contribution >= 4 is 17.5 Å². The minimum atomic E-state index is -0.598. The van der Waals surface area contributed by atoms with E-state index < -0.39 is 6.10 Å². The maximum Gasteiger partial charge on any atom is 0.260 e. The van der Waals surface area contributed by atoms with E-state index in [4.69, 9.17) is 16.3 Å². The normalized spacial score (nSPS) is 11.8. The van der Waals surface area contributed by atoms with Crippen LogP contribution < -0.4 is 10.1 Å². The zero-order chi connectivity index (χ0) is 16.7. The molecule has 0 bridgehead atoms. The van der Waals surface area contributed by atoms with Crippen molar-refractivity contribution in [2.45, 2.75) is 25.9 Å². The van der Waals surface area contributed by atoms with Gasteiger partial charge in [0.1, 0.15) is 11.6 Å². The van der Waals surface area contributed by atoms with Gasteiger partial charge in [0.15, 0.2) is 6.10 Å². The molecule has 0 saturated heterocycles. The molecule has 1 unspecified atom stereocenters. The summed E-state index contributed by atoms with van der Waals surface area (Å²) in [6.07, 6.45) is 0.963. The number of benzene rings is 2. The van der Waals surface area contributed by atoms with Gasteiger partial charge in [0.2, 0.25) is 0 Å². The Morgan fingerprint density at radius 1 is 1.26 bits per heavy atom. The molecule has 0 fully saturated rings. The number of hydrogen-bond donors (Lipinski definition) is 1. The number of aryl methyl sites for hydroxylation is 1. The first-order chi connectivity index (χ1) is 11.0. The number of carbonyl (C=O) groups excluding carboxylic acids is 1. The number of nitrogens with one attached hydrogen (secondary N) is 1. The van der Waals surface area contributed by atoms with Gasteiger partial charge in [0.05, 0.1) is 0 Å². The van der Waals surface area contributed by atoms with Crippen LogP contribution in [0.3, 0.4) is 0 Å². The van der Waals surface area contributed by atoms with E-state index in [9.17, 15) is 9.18 Å². The first-order valence-electron chi connectivity index (χ1n) is 7.49. The fourth-order valence-corrected chi connectivity index (χ4v) is 2.28. The molecule has 0 aromatic heterocycles. The number of carbonyl (C=O) groups is 1. The molecule has 0 heterocycles. The van der Waals surface area contributed by atoms with Crippen LogP contribution in [0.4, 0.5) is 4.39 Å². The van der Waals surface area contributed by atoms with E-state index >= 15 is 0 Å². The second kappa shape index (κ2) is 8.53. The third-order valence-corrected chi connectivity index (χ3v) is 3.57. The van der Waals surface area contributed by atoms with Crippen LogP contribution in [-0.2, 0) is 11.2 Å². The number of amides is 1. The molecule has 1 amide bonds. The van der Waals surface area contributed by atoms with Crippen LogP contribution in [0.1, 0.15) is 18.9 Å². The summed E-state index contributed by atoms with van der Waals surface area (Å²) in [7, 11) is 0. The van der Waals surface area contributed by atoms with Gasteiger partial charge < -0.3 is 10.1 Å². The summed E-state index contributed by atoms with van der Waals surface area (Å²) in [5.41, 5.74) is 1.05. The molecule has 0 aliphatic heterocycles. The van der Waals surface area contributed by atoms with Crippen molar-refractivity contribution in [3.63, 3.8) is 0 Å². The molecule has 0 radical (unpaired) electrons. The van der Waals surface area contributed by atoms with Gasteiger partial charge in [-0.1, -0.05) is 29.8 Å². The summed E-state index contributed by atoms with van der Waals surface area (Å²) in [5.74, 6) is 0.143. The predicted octanol–water partition coefficient (Wildman–Crippen LogP) is 4.00. The van der Waals surface area contributed by atoms with E-state index in [0.717, 1.165) is 18.4 Å². The van der Waals surface area contributed by atoms with E-state index in [0.29, 0.717) is 17.3 Å². The maximum absolute atomic E-state index is 12.8. The Morgan fingerprint density at radius 2 is 2.00 bits per heavy atom. The van der Waals surface area contributed by atoms with Crippen molar-refractivity contribution in [2.75, 3.05) is 6.54 Å². The topological polar surface area (TPSA) is 38.3 Å². The van der Waals surface area contributed by atoms with Crippen LogP contribution in [-0.4, -0.2) is 18.6 Å². The first-order valence-corrected chi connectivity index (χ1v) is 7.87. The monoisotopic (exact) mass is 335 g/mol. The highest BCUT2D eigenvalue weighted by atomic mass is 35.5. The van der Waals surface area contributed by atoms with Crippen LogP contribution in [0.5, 0.6) is 5.75 Å². The number of ether oxygens (including phenoxy) is 1. The van der Waals surface area contributed by atoms with Crippen molar-refractivity contribution in [1.29, 1.82) is 0 Å². The standard InChI is InChI=1S/C18H19ClFNO2/c1-13(23-17-6-2-5-15(19)12-17)18(22)21-11-3-4-14-7-9-16(20)10-8-14/h2,5-10,12-13H,3-4,11H2,1H3,(H,21,22). The largest absolute Gasteiger partial charge is 0.481 e. The SMILES string of the molecule is CC(Oc1cccc(Cl)c1)C(=O)NCCCc1ccc(F)cc1. The van der Waals surface area contributed by atoms with Crippen LogP contribution in [0.25, 0.3) is 0 Å². The smallest absolute Gasteiger partial charge is 0.260 e. The maximum atomic E-state index is 12.8. The van der Waals surface area contributed by atoms with E-state index in [1.54, 1.807) is 43.3 Å². The van der Waals surface area contributed by atoms with Crippen molar-refractivity contribution < 1.29 is 13.9 Å². The fourth-order valence-electron chi connectivity index (χ4n) is 2.10. The lowest BCUT2D eigenvalue weighted by molar-refractivity contribution is -0.127. The zero-order valence-corrected chi connectivity index (χ0v) is 13.6. The minimum Gasteiger partial charge on any atom is -0.481 e. The molecule has 3 nitrogen and oxygen atoms in total. The molecule has 5 heteroatoms. The Hall–Kier alpha value is -2.07. The summed E-state index contributed by atoms with van der Waals surface area (Å²) in [6, 6.07) is 13.3. The average Bonchev–Trinajstić information content (AvgIpc) is 2.53. The third-order valence-electron chi connectivity index (χ3n) is 3.33. The Balaban J connectivity index is 1.70. The quantitative estimate of drug-likeness (QED) is 0.777. The lowest BCUT2D eigenvalue weighted by Gasteiger charge is -2.14. The third kappa shape index (κ3) is 5.91. The Bertz CT molecular complexity index is 646. The molecule has 0 spiro atoms. The van der Waals surface area contributed by atoms with Crippen molar-refractivity contribution in [3.8, 4) is 5.75 Å². The van der Waals surface area contributed by atoms with Gasteiger partial charge >= 0.3 is 0 Å². The van der Waals surface area contributed by atoms with Gasteiger partial charge in [-0.15, -0.1) is 0 Å². The predicted molar refractivity (Wildman–Crippen MR) is 89.3 cm³/mol. The van der Waals surface area contributed by atoms with E-state index in [-0.39, 0.29) is 11.7 Å². The molecule has 1 atom stereocenters. The molecular formula is C18H19ClFNO2. The molecule has 23 heavy (non-hydrogen) atoms. The van der Waals surface area contributed by atoms with Crippen LogP contribution in [0, 0.1) is 5.82 Å². The fraction of sp³-hybridized carbons (Fsp3) is 0.278. The van der Waals surface area contributed by atoms with Crippen molar-refractivity contribution in [2.24, 2.45) is 0 Å². The first kappa shape index (κ1) is 17.3. The minimum absolute atomic E-state index is 0.177. The summed E-state index contributed by atoms with van der Waals surface area (Å²) in [4.78, 5) is 12.0. The number of hydrogen-bond acceptors (Lipinski definition) is 2. The zero-order valence-electron chi connectivity index (χ0n) is 12.9. The average molecular weight is 336 g/mol. The van der Waals surface area contributed by atoms with Crippen LogP contribution in [0.15, 0.2) is 48.5 Å². The summed E-state index contributed by atoms with van der Waals surface area (Å²) >= 11 is 5.87. The molecule has 0 aliphatic carbocycles. The van der Waals surface area contributed by atoms with Gasteiger partial charge in [-0.05, 0) is 55.7 Å². The number of halogens is 2. The van der Waals surface area contributed by atoms with E-state index in [1.165, 1.54) is 12.1 Å². The summed E-state index contributed by atoms with van der Waals surface area (Å²) in [5, 5.41) is 3.39. The molecule has 2 rings (SSSR count). The molecule has 2 aromatic rings. The Labute approximate surface area is 140 Å². The lowest BCUT2D eigenvalue weighted by Crippen LogP contribution is -2.36. The molecule has 1 N–H and O–H groups in total. The second-order valence-electron chi connectivity index (χ2n) is 5.24. The van der Waals surface area contributed by atoms with E-state index in [1.807, 2.05) is 0 Å². The van der Waals surface area contributed by atoms with Crippen molar-refractivity contribution in [3.05, 3.63) is 64.9 Å². The van der Waals surface area contributed by atoms with E-state index in [2.05, 4.69) is 5.32 Å². The molecule has 122 valence electrons. The molecule has 0 aliphatic rings. The molecule has 2 aromatic carbocycles. The highest BCUT2D eigenvalue weighted by Crippen LogP contribution is 2.18. The Morgan fingerprint density at radius 3 is 2.70 bits per heavy atom. The van der Waals surface area contributed by atoms with Crippen molar-refractivity contribution in [1.82, 2.24) is 5.32 Å².